The predicted octanol–water partition coefficient (Wildman–Crippen LogP) is 4.69. The number of nitrogens with one attached hydrogen (secondary N) is 3. The number of aromatic nitrogens is 1. The lowest BCUT2D eigenvalue weighted by atomic mass is 10.2. The maximum atomic E-state index is 12.3. The highest BCUT2D eigenvalue weighted by atomic mass is 35.5. The first kappa shape index (κ1) is 18.4. The van der Waals surface area contributed by atoms with Gasteiger partial charge in [-0.3, -0.25) is 9.59 Å². The van der Waals surface area contributed by atoms with Gasteiger partial charge in [0, 0.05) is 18.3 Å². The summed E-state index contributed by atoms with van der Waals surface area (Å²) in [5.74, 6) is -0.481. The summed E-state index contributed by atoms with van der Waals surface area (Å²) in [6.45, 7) is 1.45. The second-order valence-electron chi connectivity index (χ2n) is 5.75. The van der Waals surface area contributed by atoms with E-state index in [1.807, 2.05) is 12.1 Å². The molecule has 27 heavy (non-hydrogen) atoms. The van der Waals surface area contributed by atoms with Crippen molar-refractivity contribution in [3.63, 3.8) is 0 Å². The summed E-state index contributed by atoms with van der Waals surface area (Å²) in [5, 5.41) is 9.09. The van der Waals surface area contributed by atoms with Gasteiger partial charge < -0.3 is 16.0 Å². The number of nitrogens with zero attached hydrogens (tertiary/aromatic N) is 1. The SMILES string of the molecule is CC(=O)Nc1cccc(Nc2ccc(C(=O)Nc3ccccc3Cl)nc2)c1. The van der Waals surface area contributed by atoms with Gasteiger partial charge in [-0.15, -0.1) is 0 Å². The van der Waals surface area contributed by atoms with Crippen LogP contribution < -0.4 is 16.0 Å². The van der Waals surface area contributed by atoms with Gasteiger partial charge in [0.25, 0.3) is 5.91 Å². The minimum atomic E-state index is -0.345. The summed E-state index contributed by atoms with van der Waals surface area (Å²) < 4.78 is 0. The first-order valence-corrected chi connectivity index (χ1v) is 8.56. The molecule has 1 aromatic heterocycles. The van der Waals surface area contributed by atoms with Crippen LogP contribution in [-0.2, 0) is 4.79 Å². The van der Waals surface area contributed by atoms with Crippen LogP contribution in [0.4, 0.5) is 22.7 Å². The van der Waals surface area contributed by atoms with Crippen molar-refractivity contribution in [2.75, 3.05) is 16.0 Å². The zero-order valence-electron chi connectivity index (χ0n) is 14.5. The van der Waals surface area contributed by atoms with Crippen molar-refractivity contribution >= 4 is 46.2 Å². The lowest BCUT2D eigenvalue weighted by Crippen LogP contribution is -2.13. The number of benzene rings is 2. The molecule has 3 rings (SSSR count). The number of amides is 2. The predicted molar refractivity (Wildman–Crippen MR) is 108 cm³/mol. The molecule has 0 aliphatic carbocycles. The van der Waals surface area contributed by atoms with E-state index in [9.17, 15) is 9.59 Å². The molecule has 2 amide bonds. The van der Waals surface area contributed by atoms with E-state index in [2.05, 4.69) is 20.9 Å². The summed E-state index contributed by atoms with van der Waals surface area (Å²) in [6.07, 6.45) is 1.56. The van der Waals surface area contributed by atoms with Gasteiger partial charge in [-0.2, -0.15) is 0 Å². The zero-order chi connectivity index (χ0) is 19.2. The van der Waals surface area contributed by atoms with Crippen LogP contribution in [0.25, 0.3) is 0 Å². The molecule has 2 aromatic carbocycles. The standard InChI is InChI=1S/C20H17ClN4O2/c1-13(26)23-14-5-4-6-15(11-14)24-16-9-10-19(22-12-16)20(27)25-18-8-3-2-7-17(18)21/h2-12,24H,1H3,(H,23,26)(H,25,27). The highest BCUT2D eigenvalue weighted by molar-refractivity contribution is 6.33. The molecule has 7 heteroatoms. The molecule has 0 atom stereocenters. The normalized spacial score (nSPS) is 10.1. The van der Waals surface area contributed by atoms with Crippen molar-refractivity contribution in [2.45, 2.75) is 6.92 Å². The Morgan fingerprint density at radius 3 is 2.37 bits per heavy atom. The first-order chi connectivity index (χ1) is 13.0. The third-order valence-corrected chi connectivity index (χ3v) is 3.92. The number of rotatable bonds is 5. The van der Waals surface area contributed by atoms with E-state index < -0.39 is 0 Å². The third-order valence-electron chi connectivity index (χ3n) is 3.59. The van der Waals surface area contributed by atoms with E-state index in [0.717, 1.165) is 5.69 Å². The Kier molecular flexibility index (Phi) is 5.68. The van der Waals surface area contributed by atoms with Crippen LogP contribution in [0.15, 0.2) is 66.9 Å². The zero-order valence-corrected chi connectivity index (χ0v) is 15.2. The molecule has 0 spiro atoms. The van der Waals surface area contributed by atoms with Crippen LogP contribution >= 0.6 is 11.6 Å². The van der Waals surface area contributed by atoms with Crippen molar-refractivity contribution in [2.24, 2.45) is 0 Å². The lowest BCUT2D eigenvalue weighted by molar-refractivity contribution is -0.114. The highest BCUT2D eigenvalue weighted by Gasteiger charge is 2.09. The molecular formula is C20H17ClN4O2. The molecule has 0 aliphatic rings. The van der Waals surface area contributed by atoms with Crippen LogP contribution in [0, 0.1) is 0 Å². The monoisotopic (exact) mass is 380 g/mol. The second-order valence-corrected chi connectivity index (χ2v) is 6.16. The van der Waals surface area contributed by atoms with Crippen LogP contribution in [0.3, 0.4) is 0 Å². The Morgan fingerprint density at radius 2 is 1.67 bits per heavy atom. The topological polar surface area (TPSA) is 83.1 Å². The van der Waals surface area contributed by atoms with E-state index in [0.29, 0.717) is 22.1 Å². The summed E-state index contributed by atoms with van der Waals surface area (Å²) in [6, 6.07) is 17.7. The molecule has 6 nitrogen and oxygen atoms in total. The summed E-state index contributed by atoms with van der Waals surface area (Å²) in [4.78, 5) is 27.6. The number of carbonyl (C=O) groups is 2. The number of hydrogen-bond donors (Lipinski definition) is 3. The minimum Gasteiger partial charge on any atom is -0.354 e. The van der Waals surface area contributed by atoms with Gasteiger partial charge in [0.2, 0.25) is 5.91 Å². The number of hydrogen-bond acceptors (Lipinski definition) is 4. The van der Waals surface area contributed by atoms with Gasteiger partial charge in [0.1, 0.15) is 5.69 Å². The van der Waals surface area contributed by atoms with Crippen LogP contribution in [0.5, 0.6) is 0 Å². The number of halogens is 1. The number of pyridine rings is 1. The van der Waals surface area contributed by atoms with E-state index >= 15 is 0 Å². The lowest BCUT2D eigenvalue weighted by Gasteiger charge is -2.10. The smallest absolute Gasteiger partial charge is 0.274 e. The van der Waals surface area contributed by atoms with Gasteiger partial charge in [0.15, 0.2) is 0 Å². The maximum Gasteiger partial charge on any atom is 0.274 e. The van der Waals surface area contributed by atoms with Gasteiger partial charge in [-0.05, 0) is 42.5 Å². The molecule has 3 aromatic rings. The fourth-order valence-corrected chi connectivity index (χ4v) is 2.58. The molecule has 0 aliphatic heterocycles. The number of carbonyl (C=O) groups excluding carboxylic acids is 2. The Labute approximate surface area is 161 Å². The fraction of sp³-hybridized carbons (Fsp3) is 0.0500. The molecule has 0 fully saturated rings. The molecule has 3 N–H and O–H groups in total. The summed E-state index contributed by atoms with van der Waals surface area (Å²) in [5.41, 5.74) is 2.99. The Bertz CT molecular complexity index is 974. The molecule has 0 saturated heterocycles. The number of para-hydroxylation sites is 1. The van der Waals surface area contributed by atoms with Crippen molar-refractivity contribution in [3.8, 4) is 0 Å². The van der Waals surface area contributed by atoms with Crippen LogP contribution in [0.2, 0.25) is 5.02 Å². The second kappa shape index (κ2) is 8.33. The molecular weight excluding hydrogens is 364 g/mol. The van der Waals surface area contributed by atoms with Crippen molar-refractivity contribution in [3.05, 3.63) is 77.6 Å². The third kappa shape index (κ3) is 5.05. The van der Waals surface area contributed by atoms with Crippen LogP contribution in [0.1, 0.15) is 17.4 Å². The van der Waals surface area contributed by atoms with Crippen molar-refractivity contribution < 1.29 is 9.59 Å². The van der Waals surface area contributed by atoms with E-state index in [1.54, 1.807) is 54.7 Å². The first-order valence-electron chi connectivity index (χ1n) is 8.18. The minimum absolute atomic E-state index is 0.136. The average Bonchev–Trinajstić information content (AvgIpc) is 2.64. The highest BCUT2D eigenvalue weighted by Crippen LogP contribution is 2.22. The summed E-state index contributed by atoms with van der Waals surface area (Å²) in [7, 11) is 0. The van der Waals surface area contributed by atoms with Gasteiger partial charge in [-0.25, -0.2) is 4.98 Å². The quantitative estimate of drug-likeness (QED) is 0.599. The van der Waals surface area contributed by atoms with E-state index in [4.69, 9.17) is 11.6 Å². The molecule has 0 unspecified atom stereocenters. The fourth-order valence-electron chi connectivity index (χ4n) is 2.40. The Balaban J connectivity index is 1.67. The van der Waals surface area contributed by atoms with Gasteiger partial charge in [-0.1, -0.05) is 29.8 Å². The molecule has 136 valence electrons. The van der Waals surface area contributed by atoms with E-state index in [1.165, 1.54) is 6.92 Å². The number of anilines is 4. The van der Waals surface area contributed by atoms with Crippen molar-refractivity contribution in [1.29, 1.82) is 0 Å². The molecule has 1 heterocycles. The largest absolute Gasteiger partial charge is 0.354 e. The van der Waals surface area contributed by atoms with Gasteiger partial charge in [0.05, 0.1) is 22.6 Å². The van der Waals surface area contributed by atoms with Gasteiger partial charge >= 0.3 is 0 Å². The Morgan fingerprint density at radius 1 is 0.889 bits per heavy atom. The molecule has 0 saturated carbocycles. The van der Waals surface area contributed by atoms with E-state index in [-0.39, 0.29) is 17.5 Å². The van der Waals surface area contributed by atoms with Crippen LogP contribution in [-0.4, -0.2) is 16.8 Å². The Hall–Kier alpha value is -3.38. The average molecular weight is 381 g/mol. The van der Waals surface area contributed by atoms with Crippen molar-refractivity contribution in [1.82, 2.24) is 4.98 Å². The molecule has 0 bridgehead atoms. The maximum absolute atomic E-state index is 12.3. The summed E-state index contributed by atoms with van der Waals surface area (Å²) >= 11 is 6.04. The molecule has 0 radical (unpaired) electrons.